The lowest BCUT2D eigenvalue weighted by atomic mass is 9.84. The minimum Gasteiger partial charge on any atom is -0.346 e. The van der Waals surface area contributed by atoms with Gasteiger partial charge in [-0.3, -0.25) is 4.79 Å². The molecule has 1 amide bonds. The maximum Gasteiger partial charge on any atom is 0.287 e. The van der Waals surface area contributed by atoms with Gasteiger partial charge in [-0.25, -0.2) is 4.39 Å². The summed E-state index contributed by atoms with van der Waals surface area (Å²) in [6.07, 6.45) is 0. The first kappa shape index (κ1) is 13.2. The Labute approximate surface area is 103 Å². The summed E-state index contributed by atoms with van der Waals surface area (Å²) >= 11 is 2.82. The molecule has 1 aromatic carbocycles. The molecule has 0 saturated carbocycles. The van der Waals surface area contributed by atoms with E-state index in [0.29, 0.717) is 12.1 Å². The Morgan fingerprint density at radius 3 is 2.62 bits per heavy atom. The Morgan fingerprint density at radius 1 is 1.50 bits per heavy atom. The fourth-order valence-corrected chi connectivity index (χ4v) is 1.60. The van der Waals surface area contributed by atoms with E-state index >= 15 is 0 Å². The summed E-state index contributed by atoms with van der Waals surface area (Å²) < 4.78 is 13.1. The van der Waals surface area contributed by atoms with Crippen molar-refractivity contribution in [2.75, 3.05) is 6.54 Å². The Bertz CT molecular complexity index is 404. The highest BCUT2D eigenvalue weighted by atomic mass is 79.9. The maximum atomic E-state index is 13.1. The molecule has 1 rings (SSSR count). The molecule has 0 aliphatic rings. The molecule has 4 heteroatoms. The highest BCUT2D eigenvalue weighted by molar-refractivity contribution is 9.18. The van der Waals surface area contributed by atoms with Gasteiger partial charge in [0.15, 0.2) is 0 Å². The molecule has 0 aliphatic carbocycles. The van der Waals surface area contributed by atoms with Gasteiger partial charge in [-0.1, -0.05) is 26.0 Å². The van der Waals surface area contributed by atoms with Gasteiger partial charge in [-0.2, -0.15) is 0 Å². The maximum absolute atomic E-state index is 13.1. The smallest absolute Gasteiger partial charge is 0.287 e. The Kier molecular flexibility index (Phi) is 4.08. The van der Waals surface area contributed by atoms with Gasteiger partial charge in [0.05, 0.1) is 0 Å². The lowest BCUT2D eigenvalue weighted by Gasteiger charge is -2.25. The molecule has 0 saturated heterocycles. The SMILES string of the molecule is Cc1cc(C(C)(C)CNC(=O)Br)ccc1F. The molecule has 0 bridgehead atoms. The molecule has 16 heavy (non-hydrogen) atoms. The zero-order chi connectivity index (χ0) is 12.3. The van der Waals surface area contributed by atoms with Crippen LogP contribution in [0.25, 0.3) is 0 Å². The predicted octanol–water partition coefficient (Wildman–Crippen LogP) is 3.52. The number of benzene rings is 1. The fraction of sp³-hybridized carbons (Fsp3) is 0.417. The molecule has 0 fully saturated rings. The number of hydrogen-bond acceptors (Lipinski definition) is 1. The van der Waals surface area contributed by atoms with E-state index in [-0.39, 0.29) is 16.0 Å². The topological polar surface area (TPSA) is 29.1 Å². The summed E-state index contributed by atoms with van der Waals surface area (Å²) in [7, 11) is 0. The van der Waals surface area contributed by atoms with Gasteiger partial charge in [0, 0.05) is 27.9 Å². The van der Waals surface area contributed by atoms with Crippen LogP contribution in [0.5, 0.6) is 0 Å². The standard InChI is InChI=1S/C12H15BrFNO/c1-8-6-9(4-5-10(8)14)12(2,3)7-15-11(13)16/h4-6H,7H2,1-3H3,(H,15,16). The Balaban J connectivity index is 2.88. The summed E-state index contributed by atoms with van der Waals surface area (Å²) in [6.45, 7) is 6.24. The average molecular weight is 288 g/mol. The molecule has 0 radical (unpaired) electrons. The van der Waals surface area contributed by atoms with Crippen LogP contribution in [-0.2, 0) is 5.41 Å². The predicted molar refractivity (Wildman–Crippen MR) is 66.5 cm³/mol. The molecular formula is C12H15BrFNO. The number of carbonyl (C=O) groups is 1. The number of amides is 1. The molecule has 88 valence electrons. The summed E-state index contributed by atoms with van der Waals surface area (Å²) in [4.78, 5) is 10.6. The van der Waals surface area contributed by atoms with Crippen molar-refractivity contribution in [3.8, 4) is 0 Å². The quantitative estimate of drug-likeness (QED) is 0.669. The van der Waals surface area contributed by atoms with E-state index in [0.717, 1.165) is 5.56 Å². The Hall–Kier alpha value is -0.900. The number of aryl methyl sites for hydroxylation is 1. The molecule has 1 N–H and O–H groups in total. The van der Waals surface area contributed by atoms with E-state index in [1.807, 2.05) is 19.9 Å². The van der Waals surface area contributed by atoms with Crippen molar-refractivity contribution >= 4 is 20.7 Å². The summed E-state index contributed by atoms with van der Waals surface area (Å²) in [5.41, 5.74) is 1.41. The highest BCUT2D eigenvalue weighted by Gasteiger charge is 2.21. The zero-order valence-corrected chi connectivity index (χ0v) is 11.2. The van der Waals surface area contributed by atoms with E-state index in [4.69, 9.17) is 0 Å². The molecule has 0 aromatic heterocycles. The van der Waals surface area contributed by atoms with Gasteiger partial charge in [0.1, 0.15) is 5.82 Å². The van der Waals surface area contributed by atoms with Crippen LogP contribution in [-0.4, -0.2) is 11.4 Å². The van der Waals surface area contributed by atoms with Gasteiger partial charge >= 0.3 is 0 Å². The van der Waals surface area contributed by atoms with E-state index < -0.39 is 0 Å². The first-order valence-electron chi connectivity index (χ1n) is 5.03. The number of rotatable bonds is 3. The third-order valence-electron chi connectivity index (χ3n) is 2.61. The normalized spacial score (nSPS) is 11.3. The zero-order valence-electron chi connectivity index (χ0n) is 9.60. The summed E-state index contributed by atoms with van der Waals surface area (Å²) in [5.74, 6) is -0.205. The second kappa shape index (κ2) is 4.95. The van der Waals surface area contributed by atoms with E-state index in [9.17, 15) is 9.18 Å². The Morgan fingerprint density at radius 2 is 2.12 bits per heavy atom. The van der Waals surface area contributed by atoms with Crippen molar-refractivity contribution in [3.63, 3.8) is 0 Å². The molecule has 0 spiro atoms. The molecule has 2 nitrogen and oxygen atoms in total. The fourth-order valence-electron chi connectivity index (χ4n) is 1.46. The van der Waals surface area contributed by atoms with Crippen LogP contribution in [0.15, 0.2) is 18.2 Å². The summed E-state index contributed by atoms with van der Waals surface area (Å²) in [6, 6.07) is 5.03. The van der Waals surface area contributed by atoms with Gasteiger partial charge in [-0.15, -0.1) is 0 Å². The lowest BCUT2D eigenvalue weighted by molar-refractivity contribution is 0.259. The van der Waals surface area contributed by atoms with E-state index in [1.54, 1.807) is 13.0 Å². The number of carbonyl (C=O) groups excluding carboxylic acids is 1. The third kappa shape index (κ3) is 3.30. The second-order valence-corrected chi connectivity index (χ2v) is 5.20. The molecule has 0 heterocycles. The molecule has 0 unspecified atom stereocenters. The van der Waals surface area contributed by atoms with Crippen LogP contribution in [0.1, 0.15) is 25.0 Å². The van der Waals surface area contributed by atoms with Crippen molar-refractivity contribution < 1.29 is 9.18 Å². The van der Waals surface area contributed by atoms with Gasteiger partial charge in [-0.05, 0) is 24.1 Å². The average Bonchev–Trinajstić information content (AvgIpc) is 2.19. The van der Waals surface area contributed by atoms with Crippen LogP contribution in [0.3, 0.4) is 0 Å². The van der Waals surface area contributed by atoms with Crippen LogP contribution in [0, 0.1) is 12.7 Å². The minimum atomic E-state index is -0.237. The molecule has 0 atom stereocenters. The number of nitrogens with one attached hydrogen (secondary N) is 1. The highest BCUT2D eigenvalue weighted by Crippen LogP contribution is 2.24. The second-order valence-electron chi connectivity index (χ2n) is 4.48. The van der Waals surface area contributed by atoms with Crippen LogP contribution in [0.2, 0.25) is 0 Å². The third-order valence-corrected chi connectivity index (χ3v) is 2.89. The van der Waals surface area contributed by atoms with Gasteiger partial charge in [0.25, 0.3) is 4.82 Å². The van der Waals surface area contributed by atoms with Crippen LogP contribution < -0.4 is 5.32 Å². The molecule has 0 aliphatic heterocycles. The van der Waals surface area contributed by atoms with E-state index in [1.165, 1.54) is 6.07 Å². The first-order chi connectivity index (χ1) is 7.33. The summed E-state index contributed by atoms with van der Waals surface area (Å²) in [5, 5.41) is 2.70. The largest absolute Gasteiger partial charge is 0.346 e. The van der Waals surface area contributed by atoms with Crippen molar-refractivity contribution in [1.29, 1.82) is 0 Å². The number of halogens is 2. The van der Waals surface area contributed by atoms with Crippen molar-refractivity contribution in [2.24, 2.45) is 0 Å². The minimum absolute atomic E-state index is 0.205. The van der Waals surface area contributed by atoms with Crippen molar-refractivity contribution in [3.05, 3.63) is 35.1 Å². The van der Waals surface area contributed by atoms with Crippen LogP contribution in [0.4, 0.5) is 9.18 Å². The van der Waals surface area contributed by atoms with Crippen molar-refractivity contribution in [2.45, 2.75) is 26.2 Å². The number of hydrogen-bond donors (Lipinski definition) is 1. The van der Waals surface area contributed by atoms with Crippen molar-refractivity contribution in [1.82, 2.24) is 5.32 Å². The molecular weight excluding hydrogens is 273 g/mol. The first-order valence-corrected chi connectivity index (χ1v) is 5.82. The van der Waals surface area contributed by atoms with Gasteiger partial charge in [0.2, 0.25) is 0 Å². The monoisotopic (exact) mass is 287 g/mol. The van der Waals surface area contributed by atoms with Gasteiger partial charge < -0.3 is 5.32 Å². The lowest BCUT2D eigenvalue weighted by Crippen LogP contribution is -2.34. The van der Waals surface area contributed by atoms with Crippen LogP contribution >= 0.6 is 15.9 Å². The van der Waals surface area contributed by atoms with E-state index in [2.05, 4.69) is 21.2 Å². The molecule has 1 aromatic rings.